The molecule has 1 saturated carbocycles. The van der Waals surface area contributed by atoms with Crippen LogP contribution in [0, 0.1) is 11.8 Å². The van der Waals surface area contributed by atoms with Crippen molar-refractivity contribution in [1.82, 2.24) is 9.97 Å². The van der Waals surface area contributed by atoms with Crippen LogP contribution in [-0.2, 0) is 6.18 Å². The molecule has 1 amide bonds. The highest BCUT2D eigenvalue weighted by Crippen LogP contribution is 2.61. The number of carbonyl (C=O) groups excluding carboxylic acids is 1. The summed E-state index contributed by atoms with van der Waals surface area (Å²) in [7, 11) is 0. The third-order valence-corrected chi connectivity index (χ3v) is 5.83. The average Bonchev–Trinajstić information content (AvgIpc) is 3.18. The summed E-state index contributed by atoms with van der Waals surface area (Å²) in [5.74, 6) is 0.942. The first-order valence-electron chi connectivity index (χ1n) is 9.11. The minimum absolute atomic E-state index is 0.338. The Balaban J connectivity index is 1.69. The molecule has 7 heteroatoms. The van der Waals surface area contributed by atoms with Crippen LogP contribution in [0.5, 0.6) is 0 Å². The Morgan fingerprint density at radius 1 is 1.15 bits per heavy atom. The molecule has 1 unspecified atom stereocenters. The third-order valence-electron chi connectivity index (χ3n) is 5.83. The first-order valence-corrected chi connectivity index (χ1v) is 9.11. The molecule has 0 radical (unpaired) electrons. The molecule has 0 spiro atoms. The summed E-state index contributed by atoms with van der Waals surface area (Å²) >= 11 is 0. The number of fused-ring (bicyclic) bond motifs is 5. The number of hydrogen-bond acceptors (Lipinski definition) is 3. The highest BCUT2D eigenvalue weighted by molar-refractivity contribution is 6.04. The van der Waals surface area contributed by atoms with Crippen LogP contribution < -0.4 is 5.32 Å². The Morgan fingerprint density at radius 2 is 1.85 bits per heavy atom. The fourth-order valence-corrected chi connectivity index (χ4v) is 4.98. The maximum atomic E-state index is 13.1. The van der Waals surface area contributed by atoms with Crippen LogP contribution in [0.15, 0.2) is 30.6 Å². The van der Waals surface area contributed by atoms with Crippen LogP contribution in [0.3, 0.4) is 0 Å². The van der Waals surface area contributed by atoms with E-state index in [1.807, 2.05) is 6.07 Å². The van der Waals surface area contributed by atoms with E-state index in [4.69, 9.17) is 0 Å². The Labute approximate surface area is 155 Å². The number of nitrogens with zero attached hydrogens (tertiary/aromatic N) is 2. The van der Waals surface area contributed by atoms with Crippen LogP contribution in [0.2, 0.25) is 0 Å². The van der Waals surface area contributed by atoms with Gasteiger partial charge in [-0.1, -0.05) is 26.0 Å². The summed E-state index contributed by atoms with van der Waals surface area (Å²) in [6.07, 6.45) is -0.531. The Bertz CT molecular complexity index is 894. The summed E-state index contributed by atoms with van der Waals surface area (Å²) in [4.78, 5) is 19.5. The molecule has 3 atom stereocenters. The predicted octanol–water partition coefficient (Wildman–Crippen LogP) is 4.99. The van der Waals surface area contributed by atoms with E-state index in [1.54, 1.807) is 6.07 Å². The summed E-state index contributed by atoms with van der Waals surface area (Å²) in [6, 6.07) is 5.69. The van der Waals surface area contributed by atoms with Crippen molar-refractivity contribution in [3.8, 4) is 0 Å². The predicted molar refractivity (Wildman–Crippen MR) is 94.5 cm³/mol. The topological polar surface area (TPSA) is 54.9 Å². The summed E-state index contributed by atoms with van der Waals surface area (Å²) < 4.78 is 39.4. The van der Waals surface area contributed by atoms with E-state index in [0.717, 1.165) is 30.8 Å². The van der Waals surface area contributed by atoms with Crippen molar-refractivity contribution in [2.24, 2.45) is 11.8 Å². The molecule has 4 rings (SSSR count). The lowest BCUT2D eigenvalue weighted by Gasteiger charge is -2.21. The van der Waals surface area contributed by atoms with Crippen LogP contribution >= 0.6 is 0 Å². The minimum Gasteiger partial charge on any atom is -0.320 e. The fourth-order valence-electron chi connectivity index (χ4n) is 4.98. The van der Waals surface area contributed by atoms with Crippen LogP contribution in [0.4, 0.5) is 18.9 Å². The van der Waals surface area contributed by atoms with Crippen molar-refractivity contribution in [3.05, 3.63) is 53.1 Å². The first-order chi connectivity index (χ1) is 12.8. The zero-order chi connectivity index (χ0) is 19.3. The number of benzene rings is 1. The number of aromatic nitrogens is 2. The van der Waals surface area contributed by atoms with E-state index < -0.39 is 23.5 Å². The second kappa shape index (κ2) is 6.32. The number of carbonyl (C=O) groups is 1. The zero-order valence-electron chi connectivity index (χ0n) is 15.0. The molecule has 0 aliphatic heterocycles. The molecular formula is C20H20F3N3O. The Kier molecular flexibility index (Phi) is 4.20. The quantitative estimate of drug-likeness (QED) is 0.822. The zero-order valence-corrected chi connectivity index (χ0v) is 15.0. The third kappa shape index (κ3) is 2.89. The molecule has 1 aromatic heterocycles. The number of amides is 1. The number of halogens is 3. The van der Waals surface area contributed by atoms with Crippen LogP contribution in [0.1, 0.15) is 65.8 Å². The van der Waals surface area contributed by atoms with Gasteiger partial charge in [0.2, 0.25) is 0 Å². The molecule has 4 nitrogen and oxygen atoms in total. The standard InChI is InChI=1S/C20H20F3N3O/c1-10(2)15-12-6-7-13(15)16-11(12)4-3-5-14(16)26-19(27)17-18(20(21,22)23)25-9-8-24-17/h3-5,8-10,12-13,15H,6-7H2,1-2H3,(H,26,27)/t12-,13-,15?/m0/s1. The average molecular weight is 375 g/mol. The van der Waals surface area contributed by atoms with Gasteiger partial charge in [0.25, 0.3) is 5.91 Å². The molecule has 27 heavy (non-hydrogen) atoms. The molecule has 0 saturated heterocycles. The Morgan fingerprint density at radius 3 is 2.56 bits per heavy atom. The lowest BCUT2D eigenvalue weighted by atomic mass is 9.85. The van der Waals surface area contributed by atoms with Gasteiger partial charge in [-0.15, -0.1) is 0 Å². The highest BCUT2D eigenvalue weighted by Gasteiger charge is 2.48. The summed E-state index contributed by atoms with van der Waals surface area (Å²) in [6.45, 7) is 4.41. The molecule has 2 bridgehead atoms. The second-order valence-electron chi connectivity index (χ2n) is 7.63. The van der Waals surface area contributed by atoms with Crippen molar-refractivity contribution in [3.63, 3.8) is 0 Å². The van der Waals surface area contributed by atoms with E-state index in [9.17, 15) is 18.0 Å². The van der Waals surface area contributed by atoms with Crippen molar-refractivity contribution < 1.29 is 18.0 Å². The number of hydrogen-bond donors (Lipinski definition) is 1. The lowest BCUT2D eigenvalue weighted by molar-refractivity contribution is -0.141. The molecule has 2 aliphatic carbocycles. The summed E-state index contributed by atoms with van der Waals surface area (Å²) in [5.41, 5.74) is 0.924. The maximum Gasteiger partial charge on any atom is 0.435 e. The van der Waals surface area contributed by atoms with Crippen molar-refractivity contribution in [1.29, 1.82) is 0 Å². The highest BCUT2D eigenvalue weighted by atomic mass is 19.4. The van der Waals surface area contributed by atoms with E-state index >= 15 is 0 Å². The lowest BCUT2D eigenvalue weighted by Crippen LogP contribution is -2.22. The van der Waals surface area contributed by atoms with Gasteiger partial charge in [-0.3, -0.25) is 4.79 Å². The molecule has 2 aliphatic rings. The van der Waals surface area contributed by atoms with Crippen molar-refractivity contribution in [2.75, 3.05) is 5.32 Å². The van der Waals surface area contributed by atoms with E-state index in [1.165, 1.54) is 5.56 Å². The maximum absolute atomic E-state index is 13.1. The number of anilines is 1. The van der Waals surface area contributed by atoms with Crippen molar-refractivity contribution >= 4 is 11.6 Å². The number of rotatable bonds is 3. The smallest absolute Gasteiger partial charge is 0.320 e. The molecular weight excluding hydrogens is 355 g/mol. The van der Waals surface area contributed by atoms with E-state index in [2.05, 4.69) is 35.2 Å². The largest absolute Gasteiger partial charge is 0.435 e. The number of alkyl halides is 3. The fraction of sp³-hybridized carbons (Fsp3) is 0.450. The van der Waals surface area contributed by atoms with Gasteiger partial charge >= 0.3 is 6.18 Å². The minimum atomic E-state index is -4.73. The van der Waals surface area contributed by atoms with E-state index in [-0.39, 0.29) is 0 Å². The molecule has 1 aromatic carbocycles. The normalized spacial score (nSPS) is 23.6. The molecule has 142 valence electrons. The molecule has 1 heterocycles. The van der Waals surface area contributed by atoms with Crippen LogP contribution in [-0.4, -0.2) is 15.9 Å². The van der Waals surface area contributed by atoms with Gasteiger partial charge in [-0.05, 0) is 53.7 Å². The second-order valence-corrected chi connectivity index (χ2v) is 7.63. The number of nitrogens with one attached hydrogen (secondary N) is 1. The van der Waals surface area contributed by atoms with Gasteiger partial charge in [0, 0.05) is 18.1 Å². The van der Waals surface area contributed by atoms with Gasteiger partial charge in [-0.2, -0.15) is 13.2 Å². The monoisotopic (exact) mass is 375 g/mol. The summed E-state index contributed by atoms with van der Waals surface area (Å²) in [5, 5.41) is 2.67. The van der Waals surface area contributed by atoms with Gasteiger partial charge in [0.1, 0.15) is 0 Å². The molecule has 1 fully saturated rings. The van der Waals surface area contributed by atoms with Gasteiger partial charge in [0.05, 0.1) is 0 Å². The van der Waals surface area contributed by atoms with Gasteiger partial charge in [0.15, 0.2) is 11.4 Å². The SMILES string of the molecule is CC(C)C1[C@@H]2CC[C@H]1c1cccc(NC(=O)c3nccnc3C(F)(F)F)c12. The first kappa shape index (κ1) is 17.9. The van der Waals surface area contributed by atoms with Crippen molar-refractivity contribution in [2.45, 2.75) is 44.7 Å². The van der Waals surface area contributed by atoms with Gasteiger partial charge < -0.3 is 5.32 Å². The Hall–Kier alpha value is -2.44. The van der Waals surface area contributed by atoms with E-state index in [0.29, 0.717) is 29.4 Å². The van der Waals surface area contributed by atoms with Gasteiger partial charge in [-0.25, -0.2) is 9.97 Å². The van der Waals surface area contributed by atoms with Crippen LogP contribution in [0.25, 0.3) is 0 Å². The molecule has 1 N–H and O–H groups in total. The molecule has 2 aromatic rings.